The molecule has 8 heteroatoms. The van der Waals surface area contributed by atoms with Crippen molar-refractivity contribution >= 4 is 40.4 Å². The van der Waals surface area contributed by atoms with E-state index in [1.807, 2.05) is 0 Å². The molecule has 0 aliphatic rings. The third-order valence-corrected chi connectivity index (χ3v) is 3.44. The standard InChI is InChI=1S/C15H11Cl2N5O/c16-9-3-4-11(17)12(6-9)22-14-13(18)15(21-8-20-14)23-10-2-1-5-19-7-10/h1-8H,18H2,(H,20,21,22). The highest BCUT2D eigenvalue weighted by molar-refractivity contribution is 6.35. The summed E-state index contributed by atoms with van der Waals surface area (Å²) in [7, 11) is 0. The van der Waals surface area contributed by atoms with Crippen LogP contribution in [0, 0.1) is 0 Å². The lowest BCUT2D eigenvalue weighted by Crippen LogP contribution is -2.03. The number of hydrogen-bond donors (Lipinski definition) is 2. The molecule has 2 aromatic heterocycles. The number of pyridine rings is 1. The number of halogens is 2. The number of hydrogen-bond acceptors (Lipinski definition) is 6. The fourth-order valence-corrected chi connectivity index (χ4v) is 2.14. The van der Waals surface area contributed by atoms with Crippen LogP contribution in [0.4, 0.5) is 17.2 Å². The molecule has 0 spiro atoms. The number of nitrogens with zero attached hydrogens (tertiary/aromatic N) is 3. The van der Waals surface area contributed by atoms with Crippen LogP contribution in [0.1, 0.15) is 0 Å². The monoisotopic (exact) mass is 347 g/mol. The largest absolute Gasteiger partial charge is 0.435 e. The Hall–Kier alpha value is -2.57. The van der Waals surface area contributed by atoms with Crippen LogP contribution < -0.4 is 15.8 Å². The normalized spacial score (nSPS) is 10.3. The molecule has 116 valence electrons. The lowest BCUT2D eigenvalue weighted by atomic mass is 10.3. The van der Waals surface area contributed by atoms with Gasteiger partial charge in [-0.25, -0.2) is 4.98 Å². The smallest absolute Gasteiger partial charge is 0.248 e. The Morgan fingerprint density at radius 2 is 2.00 bits per heavy atom. The van der Waals surface area contributed by atoms with Crippen LogP contribution in [-0.4, -0.2) is 15.0 Å². The van der Waals surface area contributed by atoms with Gasteiger partial charge in [0.25, 0.3) is 0 Å². The molecule has 0 aliphatic heterocycles. The van der Waals surface area contributed by atoms with Crippen molar-refractivity contribution in [2.45, 2.75) is 0 Å². The third-order valence-electron chi connectivity index (χ3n) is 2.88. The molecular formula is C15H11Cl2N5O. The van der Waals surface area contributed by atoms with Gasteiger partial charge >= 0.3 is 0 Å². The Kier molecular flexibility index (Phi) is 4.45. The molecule has 0 fully saturated rings. The molecular weight excluding hydrogens is 337 g/mol. The molecule has 0 saturated heterocycles. The van der Waals surface area contributed by atoms with Gasteiger partial charge in [0.15, 0.2) is 5.82 Å². The summed E-state index contributed by atoms with van der Waals surface area (Å²) in [6, 6.07) is 8.53. The highest BCUT2D eigenvalue weighted by Gasteiger charge is 2.12. The van der Waals surface area contributed by atoms with Crippen LogP contribution in [0.2, 0.25) is 10.0 Å². The zero-order valence-electron chi connectivity index (χ0n) is 11.7. The lowest BCUT2D eigenvalue weighted by Gasteiger charge is -2.12. The minimum Gasteiger partial charge on any atom is -0.435 e. The Bertz CT molecular complexity index is 829. The predicted octanol–water partition coefficient (Wildman–Crippen LogP) is 4.30. The Balaban J connectivity index is 1.89. The van der Waals surface area contributed by atoms with Crippen LogP contribution in [0.5, 0.6) is 11.6 Å². The number of rotatable bonds is 4. The number of benzene rings is 1. The van der Waals surface area contributed by atoms with E-state index in [-0.39, 0.29) is 11.6 Å². The van der Waals surface area contributed by atoms with Gasteiger partial charge in [0, 0.05) is 11.2 Å². The second kappa shape index (κ2) is 6.68. The predicted molar refractivity (Wildman–Crippen MR) is 90.5 cm³/mol. The summed E-state index contributed by atoms with van der Waals surface area (Å²) < 4.78 is 5.60. The second-order valence-electron chi connectivity index (χ2n) is 4.48. The minimum atomic E-state index is 0.216. The quantitative estimate of drug-likeness (QED) is 0.731. The van der Waals surface area contributed by atoms with Crippen LogP contribution in [0.15, 0.2) is 49.1 Å². The highest BCUT2D eigenvalue weighted by atomic mass is 35.5. The van der Waals surface area contributed by atoms with Crippen molar-refractivity contribution in [3.05, 3.63) is 59.1 Å². The molecule has 3 aromatic rings. The Morgan fingerprint density at radius 3 is 2.78 bits per heavy atom. The van der Waals surface area contributed by atoms with Crippen molar-refractivity contribution in [3.63, 3.8) is 0 Å². The van der Waals surface area contributed by atoms with E-state index in [4.69, 9.17) is 33.7 Å². The van der Waals surface area contributed by atoms with Crippen molar-refractivity contribution in [2.24, 2.45) is 0 Å². The van der Waals surface area contributed by atoms with E-state index >= 15 is 0 Å². The second-order valence-corrected chi connectivity index (χ2v) is 5.32. The van der Waals surface area contributed by atoms with Gasteiger partial charge in [0.05, 0.1) is 16.9 Å². The summed E-state index contributed by atoms with van der Waals surface area (Å²) in [4.78, 5) is 12.1. The molecule has 0 amide bonds. The molecule has 6 nitrogen and oxygen atoms in total. The molecule has 0 bridgehead atoms. The minimum absolute atomic E-state index is 0.216. The number of nitrogens with two attached hydrogens (primary N) is 1. The molecule has 3 N–H and O–H groups in total. The molecule has 0 unspecified atom stereocenters. The third kappa shape index (κ3) is 3.61. The van der Waals surface area contributed by atoms with Gasteiger partial charge < -0.3 is 15.8 Å². The van der Waals surface area contributed by atoms with Crippen molar-refractivity contribution in [2.75, 3.05) is 11.1 Å². The van der Waals surface area contributed by atoms with E-state index < -0.39 is 0 Å². The SMILES string of the molecule is Nc1c(Nc2cc(Cl)ccc2Cl)ncnc1Oc1cccnc1. The molecule has 0 saturated carbocycles. The van der Waals surface area contributed by atoms with Gasteiger partial charge in [0.1, 0.15) is 17.8 Å². The van der Waals surface area contributed by atoms with Crippen LogP contribution >= 0.6 is 23.2 Å². The number of nitrogens with one attached hydrogen (secondary N) is 1. The summed E-state index contributed by atoms with van der Waals surface area (Å²) in [5.41, 5.74) is 6.88. The zero-order valence-corrected chi connectivity index (χ0v) is 13.2. The van der Waals surface area contributed by atoms with Crippen LogP contribution in [0.25, 0.3) is 0 Å². The average molecular weight is 348 g/mol. The van der Waals surface area contributed by atoms with Gasteiger partial charge in [-0.05, 0) is 30.3 Å². The van der Waals surface area contributed by atoms with Crippen molar-refractivity contribution in [3.8, 4) is 11.6 Å². The van der Waals surface area contributed by atoms with Crippen molar-refractivity contribution in [1.29, 1.82) is 0 Å². The topological polar surface area (TPSA) is 86.0 Å². The van der Waals surface area contributed by atoms with Crippen LogP contribution in [0.3, 0.4) is 0 Å². The fraction of sp³-hybridized carbons (Fsp3) is 0. The first-order valence-corrected chi connectivity index (χ1v) is 7.29. The average Bonchev–Trinajstić information content (AvgIpc) is 2.55. The molecule has 23 heavy (non-hydrogen) atoms. The van der Waals surface area contributed by atoms with Gasteiger partial charge in [-0.2, -0.15) is 4.98 Å². The Labute approximate surface area is 142 Å². The Morgan fingerprint density at radius 1 is 1.13 bits per heavy atom. The molecule has 0 aliphatic carbocycles. The number of aromatic nitrogens is 3. The summed E-state index contributed by atoms with van der Waals surface area (Å²) in [5.74, 6) is 1.10. The number of ether oxygens (including phenoxy) is 1. The van der Waals surface area contributed by atoms with E-state index in [1.165, 1.54) is 6.33 Å². The summed E-state index contributed by atoms with van der Waals surface area (Å²) in [6.07, 6.45) is 4.54. The lowest BCUT2D eigenvalue weighted by molar-refractivity contribution is 0.462. The summed E-state index contributed by atoms with van der Waals surface area (Å²) in [6.45, 7) is 0. The number of anilines is 3. The molecule has 0 radical (unpaired) electrons. The highest BCUT2D eigenvalue weighted by Crippen LogP contribution is 2.33. The molecule has 2 heterocycles. The van der Waals surface area contributed by atoms with E-state index in [0.29, 0.717) is 27.3 Å². The van der Waals surface area contributed by atoms with E-state index in [0.717, 1.165) is 0 Å². The molecule has 1 aromatic carbocycles. The van der Waals surface area contributed by atoms with Gasteiger partial charge in [-0.3, -0.25) is 4.98 Å². The number of nitrogen functional groups attached to an aromatic ring is 1. The van der Waals surface area contributed by atoms with E-state index in [1.54, 1.807) is 42.7 Å². The molecule has 0 atom stereocenters. The maximum Gasteiger partial charge on any atom is 0.248 e. The summed E-state index contributed by atoms with van der Waals surface area (Å²) in [5, 5.41) is 4.05. The van der Waals surface area contributed by atoms with Gasteiger partial charge in [-0.15, -0.1) is 0 Å². The first-order valence-electron chi connectivity index (χ1n) is 6.54. The zero-order chi connectivity index (χ0) is 16.2. The van der Waals surface area contributed by atoms with E-state index in [2.05, 4.69) is 20.3 Å². The maximum atomic E-state index is 6.12. The van der Waals surface area contributed by atoms with Gasteiger partial charge in [0.2, 0.25) is 5.88 Å². The first-order chi connectivity index (χ1) is 11.1. The van der Waals surface area contributed by atoms with Gasteiger partial charge in [-0.1, -0.05) is 23.2 Å². The van der Waals surface area contributed by atoms with E-state index in [9.17, 15) is 0 Å². The van der Waals surface area contributed by atoms with Crippen LogP contribution in [-0.2, 0) is 0 Å². The summed E-state index contributed by atoms with van der Waals surface area (Å²) >= 11 is 12.1. The van der Waals surface area contributed by atoms with Crippen molar-refractivity contribution in [1.82, 2.24) is 15.0 Å². The maximum absolute atomic E-state index is 6.12. The first kappa shape index (κ1) is 15.3. The fourth-order valence-electron chi connectivity index (χ4n) is 1.80. The van der Waals surface area contributed by atoms with Crippen molar-refractivity contribution < 1.29 is 4.74 Å². The molecule has 3 rings (SSSR count).